The van der Waals surface area contributed by atoms with E-state index in [1.807, 2.05) is 36.8 Å². The maximum absolute atomic E-state index is 12.0. The molecule has 0 unspecified atom stereocenters. The zero-order valence-corrected chi connectivity index (χ0v) is 11.7. The molecule has 3 rings (SSSR count). The molecule has 2 heterocycles. The van der Waals surface area contributed by atoms with Crippen LogP contribution in [0.15, 0.2) is 18.2 Å². The topological polar surface area (TPSA) is 53.1 Å². The van der Waals surface area contributed by atoms with Crippen molar-refractivity contribution < 1.29 is 14.1 Å². The molecule has 4 nitrogen and oxygen atoms in total. The van der Waals surface area contributed by atoms with Crippen molar-refractivity contribution in [3.8, 4) is 11.8 Å². The second-order valence-corrected chi connectivity index (χ2v) is 5.97. The molecule has 1 amide bonds. The molecule has 0 aromatic heterocycles. The summed E-state index contributed by atoms with van der Waals surface area (Å²) < 4.78 is 7.81. The average Bonchev–Trinajstić information content (AvgIpc) is 2.82. The quantitative estimate of drug-likeness (QED) is 0.736. The summed E-state index contributed by atoms with van der Waals surface area (Å²) in [5.74, 6) is 0.930. The van der Waals surface area contributed by atoms with Gasteiger partial charge in [0, 0.05) is 6.42 Å². The van der Waals surface area contributed by atoms with Gasteiger partial charge in [-0.1, -0.05) is 0 Å². The maximum Gasteiger partial charge on any atom is 0.387 e. The molecule has 0 aliphatic carbocycles. The van der Waals surface area contributed by atoms with Crippen LogP contribution in [0.3, 0.4) is 0 Å². The van der Waals surface area contributed by atoms with E-state index in [0.717, 1.165) is 24.2 Å². The summed E-state index contributed by atoms with van der Waals surface area (Å²) in [7, 11) is 0. The highest BCUT2D eigenvalue weighted by molar-refractivity contribution is 5.80. The van der Waals surface area contributed by atoms with Crippen molar-refractivity contribution in [1.82, 2.24) is 0 Å². The maximum atomic E-state index is 12.0. The van der Waals surface area contributed by atoms with Gasteiger partial charge in [0.1, 0.15) is 17.6 Å². The van der Waals surface area contributed by atoms with E-state index in [9.17, 15) is 4.79 Å². The van der Waals surface area contributed by atoms with Crippen molar-refractivity contribution in [1.29, 1.82) is 5.26 Å². The van der Waals surface area contributed by atoms with Crippen LogP contribution >= 0.6 is 0 Å². The van der Waals surface area contributed by atoms with Crippen LogP contribution in [0.25, 0.3) is 0 Å². The Morgan fingerprint density at radius 2 is 2.25 bits per heavy atom. The number of hydrogen-bond donors (Lipinski definition) is 0. The molecule has 0 saturated heterocycles. The van der Waals surface area contributed by atoms with Crippen LogP contribution in [-0.2, 0) is 4.79 Å². The van der Waals surface area contributed by atoms with E-state index < -0.39 is 0 Å². The molecule has 0 fully saturated rings. The molecule has 0 saturated carbocycles. The number of carbonyl (C=O) groups excluding carboxylic acids is 1. The average molecular weight is 269 g/mol. The first kappa shape index (κ1) is 12.9. The van der Waals surface area contributed by atoms with Gasteiger partial charge in [-0.2, -0.15) is 9.84 Å². The van der Waals surface area contributed by atoms with Crippen LogP contribution in [0.5, 0.6) is 5.75 Å². The SMILES string of the molecule is CC1(C)C[C@@H]([N+]2=CCCC2=O)c2cc(C#N)ccc2O1. The number of amides is 1. The summed E-state index contributed by atoms with van der Waals surface area (Å²) in [5, 5.41) is 9.07. The minimum atomic E-state index is -0.317. The van der Waals surface area contributed by atoms with E-state index in [1.165, 1.54) is 0 Å². The molecular formula is C16H17N2O2+. The highest BCUT2D eigenvalue weighted by Crippen LogP contribution is 2.42. The van der Waals surface area contributed by atoms with Crippen molar-refractivity contribution in [2.24, 2.45) is 0 Å². The number of rotatable bonds is 1. The number of nitriles is 1. The van der Waals surface area contributed by atoms with Crippen LogP contribution in [0.1, 0.15) is 50.3 Å². The lowest BCUT2D eigenvalue weighted by Gasteiger charge is -2.35. The summed E-state index contributed by atoms with van der Waals surface area (Å²) in [6.07, 6.45) is 4.07. The number of nitrogens with zero attached hydrogens (tertiary/aromatic N) is 2. The van der Waals surface area contributed by atoms with Crippen LogP contribution in [0, 0.1) is 11.3 Å². The lowest BCUT2D eigenvalue weighted by atomic mass is 9.88. The first-order valence-corrected chi connectivity index (χ1v) is 6.88. The second kappa shape index (κ2) is 4.45. The van der Waals surface area contributed by atoms with E-state index in [2.05, 4.69) is 6.07 Å². The smallest absolute Gasteiger partial charge is 0.387 e. The van der Waals surface area contributed by atoms with Gasteiger partial charge in [-0.15, -0.1) is 0 Å². The largest absolute Gasteiger partial charge is 0.487 e. The summed E-state index contributed by atoms with van der Waals surface area (Å²) in [4.78, 5) is 12.0. The van der Waals surface area contributed by atoms with E-state index in [-0.39, 0.29) is 17.6 Å². The molecule has 2 aliphatic rings. The van der Waals surface area contributed by atoms with Gasteiger partial charge in [0.25, 0.3) is 0 Å². The third-order valence-electron chi connectivity index (χ3n) is 3.88. The molecule has 0 radical (unpaired) electrons. The predicted octanol–water partition coefficient (Wildman–Crippen LogP) is 2.56. The van der Waals surface area contributed by atoms with E-state index in [1.54, 1.807) is 6.07 Å². The number of fused-ring (bicyclic) bond motifs is 1. The fourth-order valence-electron chi connectivity index (χ4n) is 2.99. The standard InChI is InChI=1S/C16H17N2O2/c1-16(2)9-13(18-7-3-4-15(18)19)12-8-11(10-17)5-6-14(12)20-16/h5-8,13H,3-4,9H2,1-2H3/q+1/t13-/m1/s1. The van der Waals surface area contributed by atoms with Crippen LogP contribution in [0.4, 0.5) is 0 Å². The Kier molecular flexibility index (Phi) is 2.86. The minimum absolute atomic E-state index is 0.0305. The van der Waals surface area contributed by atoms with Crippen LogP contribution < -0.4 is 4.74 Å². The Hall–Kier alpha value is -2.15. The predicted molar refractivity (Wildman–Crippen MR) is 73.8 cm³/mol. The van der Waals surface area contributed by atoms with Crippen LogP contribution in [-0.4, -0.2) is 22.3 Å². The molecule has 20 heavy (non-hydrogen) atoms. The van der Waals surface area contributed by atoms with E-state index in [0.29, 0.717) is 12.0 Å². The lowest BCUT2D eigenvalue weighted by molar-refractivity contribution is -0.492. The fourth-order valence-corrected chi connectivity index (χ4v) is 2.99. The first-order valence-electron chi connectivity index (χ1n) is 6.88. The fraction of sp³-hybridized carbons (Fsp3) is 0.438. The normalized spacial score (nSPS) is 23.6. The number of benzene rings is 1. The summed E-state index contributed by atoms with van der Waals surface area (Å²) in [6, 6.07) is 7.55. The third kappa shape index (κ3) is 2.09. The Morgan fingerprint density at radius 3 is 2.90 bits per heavy atom. The Labute approximate surface area is 118 Å². The molecule has 0 N–H and O–H groups in total. The van der Waals surface area contributed by atoms with E-state index in [4.69, 9.17) is 10.00 Å². The summed E-state index contributed by atoms with van der Waals surface area (Å²) in [6.45, 7) is 4.06. The van der Waals surface area contributed by atoms with Crippen molar-refractivity contribution in [3.63, 3.8) is 0 Å². The summed E-state index contributed by atoms with van der Waals surface area (Å²) in [5.41, 5.74) is 1.22. The second-order valence-electron chi connectivity index (χ2n) is 5.97. The van der Waals surface area contributed by atoms with Gasteiger partial charge >= 0.3 is 5.91 Å². The zero-order valence-electron chi connectivity index (χ0n) is 11.7. The molecule has 0 spiro atoms. The van der Waals surface area contributed by atoms with Gasteiger partial charge in [0.05, 0.1) is 30.0 Å². The van der Waals surface area contributed by atoms with Gasteiger partial charge in [0.15, 0.2) is 6.04 Å². The molecule has 1 aromatic rings. The molecule has 4 heteroatoms. The van der Waals surface area contributed by atoms with Gasteiger partial charge in [0.2, 0.25) is 0 Å². The van der Waals surface area contributed by atoms with Gasteiger partial charge in [-0.3, -0.25) is 0 Å². The molecule has 0 bridgehead atoms. The van der Waals surface area contributed by atoms with Crippen molar-refractivity contribution in [2.45, 2.75) is 44.8 Å². The van der Waals surface area contributed by atoms with Crippen molar-refractivity contribution in [3.05, 3.63) is 29.3 Å². The molecular weight excluding hydrogens is 252 g/mol. The highest BCUT2D eigenvalue weighted by atomic mass is 16.5. The molecule has 102 valence electrons. The minimum Gasteiger partial charge on any atom is -0.487 e. The Balaban J connectivity index is 2.11. The van der Waals surface area contributed by atoms with Gasteiger partial charge in [-0.25, -0.2) is 4.79 Å². The first-order chi connectivity index (χ1) is 9.50. The van der Waals surface area contributed by atoms with Gasteiger partial charge < -0.3 is 4.74 Å². The Morgan fingerprint density at radius 1 is 1.45 bits per heavy atom. The molecule has 1 aromatic carbocycles. The molecule has 2 aliphatic heterocycles. The molecule has 1 atom stereocenters. The third-order valence-corrected chi connectivity index (χ3v) is 3.88. The monoisotopic (exact) mass is 269 g/mol. The van der Waals surface area contributed by atoms with E-state index >= 15 is 0 Å². The highest BCUT2D eigenvalue weighted by Gasteiger charge is 2.43. The van der Waals surface area contributed by atoms with Crippen molar-refractivity contribution in [2.75, 3.05) is 0 Å². The number of carbonyl (C=O) groups is 1. The zero-order chi connectivity index (χ0) is 14.3. The number of hydrogen-bond acceptors (Lipinski definition) is 3. The summed E-state index contributed by atoms with van der Waals surface area (Å²) >= 11 is 0. The van der Waals surface area contributed by atoms with Crippen molar-refractivity contribution >= 4 is 12.1 Å². The number of ether oxygens (including phenoxy) is 1. The van der Waals surface area contributed by atoms with Gasteiger partial charge in [-0.05, 0) is 32.0 Å². The Bertz CT molecular complexity index is 653. The van der Waals surface area contributed by atoms with Crippen LogP contribution in [0.2, 0.25) is 0 Å². The lowest BCUT2D eigenvalue weighted by Crippen LogP contribution is -2.39.